The molecule has 3 unspecified atom stereocenters. The van der Waals surface area contributed by atoms with Gasteiger partial charge in [-0.25, -0.2) is 4.79 Å². The van der Waals surface area contributed by atoms with Crippen molar-refractivity contribution in [2.45, 2.75) is 287 Å². The van der Waals surface area contributed by atoms with Crippen molar-refractivity contribution in [2.24, 2.45) is 53.1 Å². The maximum Gasteiger partial charge on any atom is 0.329 e. The summed E-state index contributed by atoms with van der Waals surface area (Å²) in [6.07, 6.45) is 1.33. The highest BCUT2D eigenvalue weighted by Crippen LogP contribution is 2.23. The van der Waals surface area contributed by atoms with Crippen molar-refractivity contribution in [3.8, 4) is 0 Å². The minimum atomic E-state index is -1.83. The summed E-state index contributed by atoms with van der Waals surface area (Å²) in [5.41, 5.74) is 6.34. The predicted octanol–water partition coefficient (Wildman–Crippen LogP) is 2.23. The summed E-state index contributed by atoms with van der Waals surface area (Å²) in [5, 5.41) is 43.3. The fourth-order valence-electron chi connectivity index (χ4n) is 12.2. The van der Waals surface area contributed by atoms with E-state index in [2.05, 4.69) is 63.8 Å². The molecule has 0 bridgehead atoms. The number of nitrogens with zero attached hydrogens (tertiary/aromatic N) is 1. The molecule has 106 heavy (non-hydrogen) atoms. The molecule has 0 saturated carbocycles. The molecular weight excluding hydrogens is 1360 g/mol. The Morgan fingerprint density at radius 3 is 1.74 bits per heavy atom. The van der Waals surface area contributed by atoms with Crippen LogP contribution in [0, 0.1) is 47.3 Å². The third-order valence-electron chi connectivity index (χ3n) is 19.7. The second kappa shape index (κ2) is 44.6. The SMILES string of the molecule is C/C=C1\NC(=O)[C@H](Cc2ccccc2)NC(=O)[C@@H](C(C)C)NC(=O)[C@@H]([C@@H](C)CC)NC(=O)[C@H](NC(=O)[C@H](NC(=O)[C@H](CCCN)NC(=O)[C@H]2CCCN2C(=O)C(NC(=O)C(NC(=O)[C@@H](NC(=O)[C@@H](CC(C)C)NC(=O)CC[C@@H](C)CC)[C@@H](C)O)C(C)C)C(C)C)[C@@H](C)CC)[C@@H](C)OC(=O)C(C(C)C)NC1=O. The summed E-state index contributed by atoms with van der Waals surface area (Å²) >= 11 is 0. The maximum atomic E-state index is 15.1. The summed E-state index contributed by atoms with van der Waals surface area (Å²) < 4.78 is 5.96. The Morgan fingerprint density at radius 2 is 1.19 bits per heavy atom. The second-order valence-corrected chi connectivity index (χ2v) is 30.4. The van der Waals surface area contributed by atoms with Crippen molar-refractivity contribution in [3.05, 3.63) is 47.7 Å². The van der Waals surface area contributed by atoms with Crippen LogP contribution in [-0.2, 0) is 78.3 Å². The molecule has 13 amide bonds. The molecule has 30 nitrogen and oxygen atoms in total. The number of hydrogen-bond donors (Lipinski definition) is 14. The topological polar surface area (TPSA) is 442 Å². The zero-order valence-electron chi connectivity index (χ0n) is 66.0. The summed E-state index contributed by atoms with van der Waals surface area (Å²) in [6.45, 7) is 32.0. The molecular formula is C76H126N14O16. The van der Waals surface area contributed by atoms with E-state index in [1.807, 2.05) is 27.7 Å². The molecule has 0 aliphatic carbocycles. The van der Waals surface area contributed by atoms with Gasteiger partial charge in [-0.15, -0.1) is 0 Å². The Kier molecular flexibility index (Phi) is 38.5. The van der Waals surface area contributed by atoms with Crippen molar-refractivity contribution in [3.63, 3.8) is 0 Å². The molecule has 2 fully saturated rings. The molecule has 596 valence electrons. The average Bonchev–Trinajstić information content (AvgIpc) is 1.49. The van der Waals surface area contributed by atoms with Gasteiger partial charge < -0.3 is 84.3 Å². The van der Waals surface area contributed by atoms with Crippen molar-refractivity contribution >= 4 is 82.8 Å². The zero-order chi connectivity index (χ0) is 80.1. The summed E-state index contributed by atoms with van der Waals surface area (Å²) in [7, 11) is 0. The molecule has 2 aliphatic heterocycles. The summed E-state index contributed by atoms with van der Waals surface area (Å²) in [5.74, 6) is -14.8. The van der Waals surface area contributed by atoms with Gasteiger partial charge in [0.25, 0.3) is 5.91 Å². The standard InChI is InChI=1S/C76H126N14O16/c1-20-44(15)33-34-55(92)78-52(37-39(5)6)67(96)88-62(47(18)91)73(102)83-57(41(9)10)70(99)84-58(42(11)12)75(104)90-36-28-32-54(90)68(97)80-51(31-27-35-77)65(94)86-60(45(16)21-2)72(101)89-63-48(19)106-76(105)59(43(13)14)85-64(93)50(23-4)79-66(95)53(38-49-29-25-24-26-30-49)81-69(98)56(40(7)8)82-71(100)61(46(17)22-3)87-74(63)103/h23-26,29-30,39-48,51-54,56-63,91H,20-22,27-28,31-38,77H2,1-19H3,(H,78,92)(H,79,95)(H,80,97)(H,81,98)(H,82,100)(H,83,102)(H,84,99)(H,85,93)(H,86,94)(H,87,103)(H,88,96)(H,89,101)/b50-23-/t44-,45-,46-,47+,48+,51-,52+,53-,54+,56+,57?,58?,59?,60+,61+,62-,63+/m0/s1. The number of cyclic esters (lactones) is 1. The lowest BCUT2D eigenvalue weighted by Crippen LogP contribution is -2.64. The quantitative estimate of drug-likeness (QED) is 0.0347. The Bertz CT molecular complexity index is 3180. The van der Waals surface area contributed by atoms with Gasteiger partial charge in [-0.2, -0.15) is 0 Å². The van der Waals surface area contributed by atoms with Crippen LogP contribution >= 0.6 is 0 Å². The number of likely N-dealkylation sites (tertiary alicyclic amines) is 1. The van der Waals surface area contributed by atoms with E-state index >= 15 is 9.59 Å². The molecule has 15 N–H and O–H groups in total. The van der Waals surface area contributed by atoms with Gasteiger partial charge in [-0.05, 0) is 119 Å². The van der Waals surface area contributed by atoms with Crippen LogP contribution in [0.2, 0.25) is 0 Å². The Morgan fingerprint density at radius 1 is 0.623 bits per heavy atom. The minimum Gasteiger partial charge on any atom is -0.458 e. The predicted molar refractivity (Wildman–Crippen MR) is 400 cm³/mol. The number of carbonyl (C=O) groups excluding carboxylic acids is 14. The van der Waals surface area contributed by atoms with Crippen molar-refractivity contribution < 1.29 is 77.0 Å². The van der Waals surface area contributed by atoms with Crippen LogP contribution in [0.25, 0.3) is 0 Å². The first-order valence-corrected chi connectivity index (χ1v) is 38.0. The highest BCUT2D eigenvalue weighted by Gasteiger charge is 2.44. The summed E-state index contributed by atoms with van der Waals surface area (Å²) in [4.78, 5) is 202. The van der Waals surface area contributed by atoms with Crippen molar-refractivity contribution in [1.29, 1.82) is 0 Å². The third-order valence-corrected chi connectivity index (χ3v) is 19.7. The molecule has 0 aromatic heterocycles. The summed E-state index contributed by atoms with van der Waals surface area (Å²) in [6, 6.07) is -7.64. The number of nitrogens with one attached hydrogen (secondary N) is 12. The normalized spacial score (nSPS) is 22.7. The van der Waals surface area contributed by atoms with E-state index in [4.69, 9.17) is 10.5 Å². The molecule has 1 aromatic carbocycles. The molecule has 2 saturated heterocycles. The number of benzene rings is 1. The fourth-order valence-corrected chi connectivity index (χ4v) is 12.2. The lowest BCUT2D eigenvalue weighted by atomic mass is 9.95. The van der Waals surface area contributed by atoms with Gasteiger partial charge in [0.2, 0.25) is 70.9 Å². The lowest BCUT2D eigenvalue weighted by molar-refractivity contribution is -0.157. The highest BCUT2D eigenvalue weighted by atomic mass is 16.5. The van der Waals surface area contributed by atoms with E-state index in [0.29, 0.717) is 24.8 Å². The first-order valence-electron chi connectivity index (χ1n) is 38.0. The molecule has 3 rings (SSSR count). The maximum absolute atomic E-state index is 15.1. The van der Waals surface area contributed by atoms with Gasteiger partial charge in [-0.1, -0.05) is 166 Å². The number of carbonyl (C=O) groups is 14. The van der Waals surface area contributed by atoms with Crippen molar-refractivity contribution in [2.75, 3.05) is 13.1 Å². The van der Waals surface area contributed by atoms with Crippen LogP contribution in [0.15, 0.2) is 42.1 Å². The van der Waals surface area contributed by atoms with Gasteiger partial charge in [-0.3, -0.25) is 62.3 Å². The molecule has 2 aliphatic rings. The Hall–Kier alpha value is -8.54. The highest BCUT2D eigenvalue weighted by molar-refractivity contribution is 6.03. The number of aliphatic hydroxyl groups is 1. The number of nitrogens with two attached hydrogens (primary N) is 1. The number of rotatable bonds is 34. The lowest BCUT2D eigenvalue weighted by Gasteiger charge is -2.33. The van der Waals surface area contributed by atoms with Crippen LogP contribution in [0.4, 0.5) is 0 Å². The first kappa shape index (κ1) is 91.7. The number of esters is 1. The number of hydrogen-bond acceptors (Lipinski definition) is 17. The van der Waals surface area contributed by atoms with Crippen LogP contribution in [0.1, 0.15) is 201 Å². The van der Waals surface area contributed by atoms with Crippen LogP contribution in [-0.4, -0.2) is 191 Å². The van der Waals surface area contributed by atoms with Crippen LogP contribution in [0.5, 0.6) is 0 Å². The first-order chi connectivity index (χ1) is 49.8. The van der Waals surface area contributed by atoms with E-state index in [0.717, 1.165) is 6.42 Å². The zero-order valence-corrected chi connectivity index (χ0v) is 66.0. The fraction of sp³-hybridized carbons (Fsp3) is 0.711. The number of ether oxygens (including phenoxy) is 1. The Labute approximate surface area is 626 Å². The van der Waals surface area contributed by atoms with Crippen LogP contribution in [0.3, 0.4) is 0 Å². The molecule has 30 heteroatoms. The minimum absolute atomic E-state index is 0.0354. The van der Waals surface area contributed by atoms with Gasteiger partial charge in [0.15, 0.2) is 0 Å². The van der Waals surface area contributed by atoms with Crippen LogP contribution < -0.4 is 69.5 Å². The molecule has 0 spiro atoms. The van der Waals surface area contributed by atoms with E-state index in [9.17, 15) is 62.6 Å². The number of allylic oxidation sites excluding steroid dienone is 1. The van der Waals surface area contributed by atoms with Crippen molar-refractivity contribution in [1.82, 2.24) is 68.7 Å². The molecule has 17 atom stereocenters. The largest absolute Gasteiger partial charge is 0.458 e. The van der Waals surface area contributed by atoms with E-state index in [1.54, 1.807) is 113 Å². The molecule has 1 aromatic rings. The second-order valence-electron chi connectivity index (χ2n) is 30.4. The monoisotopic (exact) mass is 1490 g/mol. The molecule has 0 radical (unpaired) electrons. The van der Waals surface area contributed by atoms with Gasteiger partial charge >= 0.3 is 5.97 Å². The Balaban J connectivity index is 2.00. The molecule has 2 heterocycles. The third kappa shape index (κ3) is 28.0. The van der Waals surface area contributed by atoms with Gasteiger partial charge in [0.1, 0.15) is 84.3 Å². The van der Waals surface area contributed by atoms with E-state index in [1.165, 1.54) is 31.7 Å². The average molecular weight is 1490 g/mol. The smallest absolute Gasteiger partial charge is 0.329 e. The van der Waals surface area contributed by atoms with E-state index < -0.39 is 197 Å². The van der Waals surface area contributed by atoms with E-state index in [-0.39, 0.29) is 81.5 Å². The number of amides is 13. The number of aliphatic hydroxyl groups excluding tert-OH is 1. The van der Waals surface area contributed by atoms with Gasteiger partial charge in [0.05, 0.1) is 6.10 Å². The van der Waals surface area contributed by atoms with Gasteiger partial charge in [0, 0.05) is 19.4 Å².